The molecule has 3 aromatic rings. The lowest BCUT2D eigenvalue weighted by molar-refractivity contribution is 0.0781. The van der Waals surface area contributed by atoms with Gasteiger partial charge in [0.25, 0.3) is 11.5 Å². The summed E-state index contributed by atoms with van der Waals surface area (Å²) in [7, 11) is 4.70. The number of nitrogens with one attached hydrogen (secondary N) is 1. The van der Waals surface area contributed by atoms with E-state index in [1.54, 1.807) is 31.3 Å². The molecule has 0 radical (unpaired) electrons. The summed E-state index contributed by atoms with van der Waals surface area (Å²) in [5, 5.41) is 1.81. The van der Waals surface area contributed by atoms with E-state index in [4.69, 9.17) is 9.47 Å². The molecule has 0 atom stereocenters. The summed E-state index contributed by atoms with van der Waals surface area (Å²) in [5.41, 5.74) is 0.865. The number of benzene rings is 1. The van der Waals surface area contributed by atoms with Gasteiger partial charge in [0.1, 0.15) is 22.0 Å². The van der Waals surface area contributed by atoms with Gasteiger partial charge in [-0.3, -0.25) is 9.59 Å². The van der Waals surface area contributed by atoms with Crippen LogP contribution in [0.4, 0.5) is 0 Å². The highest BCUT2D eigenvalue weighted by molar-refractivity contribution is 7.17. The first-order valence-electron chi connectivity index (χ1n) is 7.46. The van der Waals surface area contributed by atoms with Gasteiger partial charge in [-0.25, -0.2) is 4.98 Å². The highest BCUT2D eigenvalue weighted by Gasteiger charge is 2.16. The Bertz CT molecular complexity index is 957. The number of ether oxygens (including phenoxy) is 2. The number of fused-ring (bicyclic) bond motifs is 1. The standard InChI is InChI=1S/C17H17N3O4S/c1-20(9-14-18-13-4-5-25-15(13)16(21)19-14)17(22)10-6-11(23-2)8-12(7-10)24-3/h4-8H,9H2,1-3H3,(H,18,19,21). The van der Waals surface area contributed by atoms with Gasteiger partial charge in [-0.15, -0.1) is 11.3 Å². The molecule has 130 valence electrons. The van der Waals surface area contributed by atoms with Gasteiger partial charge in [0.2, 0.25) is 0 Å². The third-order valence-corrected chi connectivity index (χ3v) is 4.60. The van der Waals surface area contributed by atoms with Crippen LogP contribution in [0.25, 0.3) is 10.2 Å². The monoisotopic (exact) mass is 359 g/mol. The van der Waals surface area contributed by atoms with Crippen molar-refractivity contribution in [1.82, 2.24) is 14.9 Å². The minimum absolute atomic E-state index is 0.180. The third kappa shape index (κ3) is 3.48. The van der Waals surface area contributed by atoms with E-state index >= 15 is 0 Å². The zero-order chi connectivity index (χ0) is 18.0. The first-order valence-corrected chi connectivity index (χ1v) is 8.34. The van der Waals surface area contributed by atoms with Gasteiger partial charge in [0, 0.05) is 18.7 Å². The molecule has 0 spiro atoms. The van der Waals surface area contributed by atoms with E-state index in [2.05, 4.69) is 9.97 Å². The fourth-order valence-corrected chi connectivity index (χ4v) is 3.17. The average molecular weight is 359 g/mol. The smallest absolute Gasteiger partial charge is 0.268 e. The Morgan fingerprint density at radius 2 is 1.92 bits per heavy atom. The second kappa shape index (κ2) is 6.94. The van der Waals surface area contributed by atoms with E-state index in [0.717, 1.165) is 0 Å². The molecule has 0 saturated carbocycles. The van der Waals surface area contributed by atoms with Gasteiger partial charge in [0.15, 0.2) is 0 Å². The number of H-pyrrole nitrogens is 1. The molecule has 0 bridgehead atoms. The van der Waals surface area contributed by atoms with Crippen LogP contribution in [0, 0.1) is 0 Å². The Morgan fingerprint density at radius 3 is 2.56 bits per heavy atom. The maximum absolute atomic E-state index is 12.7. The van der Waals surface area contributed by atoms with Crippen LogP contribution in [0.15, 0.2) is 34.4 Å². The first kappa shape index (κ1) is 17.0. The van der Waals surface area contributed by atoms with Crippen LogP contribution in [-0.4, -0.2) is 42.0 Å². The molecule has 1 aromatic carbocycles. The van der Waals surface area contributed by atoms with Crippen molar-refractivity contribution in [1.29, 1.82) is 0 Å². The summed E-state index contributed by atoms with van der Waals surface area (Å²) in [6.07, 6.45) is 0. The number of amides is 1. The summed E-state index contributed by atoms with van der Waals surface area (Å²) in [5.74, 6) is 1.26. The second-order valence-electron chi connectivity index (χ2n) is 5.41. The molecule has 0 saturated heterocycles. The fourth-order valence-electron chi connectivity index (χ4n) is 2.44. The van der Waals surface area contributed by atoms with E-state index < -0.39 is 0 Å². The number of aromatic amines is 1. The fraction of sp³-hybridized carbons (Fsp3) is 0.235. The maximum Gasteiger partial charge on any atom is 0.268 e. The van der Waals surface area contributed by atoms with Crippen molar-refractivity contribution in [2.45, 2.75) is 6.54 Å². The summed E-state index contributed by atoms with van der Waals surface area (Å²) < 4.78 is 11.0. The van der Waals surface area contributed by atoms with Crippen LogP contribution in [-0.2, 0) is 6.54 Å². The number of hydrogen-bond donors (Lipinski definition) is 1. The molecule has 0 aliphatic rings. The van der Waals surface area contributed by atoms with Crippen LogP contribution in [0.3, 0.4) is 0 Å². The van der Waals surface area contributed by atoms with Crippen LogP contribution in [0.1, 0.15) is 16.2 Å². The second-order valence-corrected chi connectivity index (χ2v) is 6.33. The molecule has 0 aliphatic heterocycles. The van der Waals surface area contributed by atoms with Gasteiger partial charge in [0.05, 0.1) is 26.3 Å². The van der Waals surface area contributed by atoms with Crippen molar-refractivity contribution in [3.63, 3.8) is 0 Å². The van der Waals surface area contributed by atoms with Crippen molar-refractivity contribution in [3.8, 4) is 11.5 Å². The van der Waals surface area contributed by atoms with E-state index in [-0.39, 0.29) is 18.0 Å². The Hall–Kier alpha value is -2.87. The number of nitrogens with zero attached hydrogens (tertiary/aromatic N) is 2. The molecular weight excluding hydrogens is 342 g/mol. The van der Waals surface area contributed by atoms with Crippen LogP contribution in [0.5, 0.6) is 11.5 Å². The predicted molar refractivity (Wildman–Crippen MR) is 95.6 cm³/mol. The van der Waals surface area contributed by atoms with Gasteiger partial charge in [-0.1, -0.05) is 0 Å². The van der Waals surface area contributed by atoms with Crippen LogP contribution >= 0.6 is 11.3 Å². The van der Waals surface area contributed by atoms with Gasteiger partial charge >= 0.3 is 0 Å². The first-order chi connectivity index (χ1) is 12.0. The van der Waals surface area contributed by atoms with Crippen LogP contribution in [0.2, 0.25) is 0 Å². The Morgan fingerprint density at radius 1 is 1.24 bits per heavy atom. The molecule has 1 N–H and O–H groups in total. The summed E-state index contributed by atoms with van der Waals surface area (Å²) in [4.78, 5) is 33.3. The Kier molecular flexibility index (Phi) is 4.71. The minimum Gasteiger partial charge on any atom is -0.497 e. The Labute approximate surface area is 147 Å². The van der Waals surface area contributed by atoms with E-state index in [1.165, 1.54) is 30.5 Å². The predicted octanol–water partition coefficient (Wildman–Crippen LogP) is 2.27. The highest BCUT2D eigenvalue weighted by Crippen LogP contribution is 2.23. The SMILES string of the molecule is COc1cc(OC)cc(C(=O)N(C)Cc2nc3ccsc3c(=O)[nH]2)c1. The molecule has 2 heterocycles. The lowest BCUT2D eigenvalue weighted by Gasteiger charge is -2.17. The molecule has 1 amide bonds. The molecule has 0 aliphatic carbocycles. The number of carbonyl (C=O) groups excluding carboxylic acids is 1. The molecule has 2 aromatic heterocycles. The zero-order valence-electron chi connectivity index (χ0n) is 14.0. The average Bonchev–Trinajstić information content (AvgIpc) is 3.09. The quantitative estimate of drug-likeness (QED) is 0.755. The lowest BCUT2D eigenvalue weighted by Crippen LogP contribution is -2.28. The molecule has 0 unspecified atom stereocenters. The van der Waals surface area contributed by atoms with Gasteiger partial charge in [-0.05, 0) is 23.6 Å². The minimum atomic E-state index is -0.231. The summed E-state index contributed by atoms with van der Waals surface area (Å²) in [6.45, 7) is 0.180. The molecular formula is C17H17N3O4S. The number of carbonyl (C=O) groups is 1. The van der Waals surface area contributed by atoms with E-state index in [9.17, 15) is 9.59 Å². The van der Waals surface area contributed by atoms with Crippen molar-refractivity contribution in [3.05, 3.63) is 51.4 Å². The summed E-state index contributed by atoms with van der Waals surface area (Å²) >= 11 is 1.34. The zero-order valence-corrected chi connectivity index (χ0v) is 14.8. The van der Waals surface area contributed by atoms with Crippen molar-refractivity contribution >= 4 is 27.5 Å². The number of methoxy groups -OCH3 is 2. The third-order valence-electron chi connectivity index (χ3n) is 3.70. The van der Waals surface area contributed by atoms with E-state index in [1.807, 2.05) is 5.38 Å². The number of rotatable bonds is 5. The van der Waals surface area contributed by atoms with Crippen molar-refractivity contribution < 1.29 is 14.3 Å². The molecule has 25 heavy (non-hydrogen) atoms. The number of aromatic nitrogens is 2. The van der Waals surface area contributed by atoms with Crippen molar-refractivity contribution in [2.75, 3.05) is 21.3 Å². The molecule has 0 fully saturated rings. The Balaban J connectivity index is 1.85. The largest absolute Gasteiger partial charge is 0.497 e. The lowest BCUT2D eigenvalue weighted by atomic mass is 10.1. The highest BCUT2D eigenvalue weighted by atomic mass is 32.1. The van der Waals surface area contributed by atoms with Gasteiger partial charge < -0.3 is 19.4 Å². The maximum atomic E-state index is 12.7. The molecule has 3 rings (SSSR count). The topological polar surface area (TPSA) is 84.5 Å². The van der Waals surface area contributed by atoms with Gasteiger partial charge in [-0.2, -0.15) is 0 Å². The number of hydrogen-bond acceptors (Lipinski definition) is 6. The molecule has 7 nitrogen and oxygen atoms in total. The number of thiophene rings is 1. The van der Waals surface area contributed by atoms with Crippen molar-refractivity contribution in [2.24, 2.45) is 0 Å². The normalized spacial score (nSPS) is 10.7. The summed E-state index contributed by atoms with van der Waals surface area (Å²) in [6, 6.07) is 6.76. The van der Waals surface area contributed by atoms with Crippen LogP contribution < -0.4 is 15.0 Å². The van der Waals surface area contributed by atoms with E-state index in [0.29, 0.717) is 33.1 Å². The molecule has 8 heteroatoms.